The maximum absolute atomic E-state index is 13.3. The van der Waals surface area contributed by atoms with E-state index in [0.717, 1.165) is 12.1 Å². The number of halogens is 2. The van der Waals surface area contributed by atoms with Crippen LogP contribution in [0.15, 0.2) is 18.3 Å². The molecule has 0 fully saturated rings. The van der Waals surface area contributed by atoms with Crippen LogP contribution < -0.4 is 4.74 Å². The number of nitro groups is 1. The second kappa shape index (κ2) is 5.46. The summed E-state index contributed by atoms with van der Waals surface area (Å²) in [6, 6.07) is 2.53. The van der Waals surface area contributed by atoms with Gasteiger partial charge in [0.1, 0.15) is 11.6 Å². The van der Waals surface area contributed by atoms with Crippen LogP contribution >= 0.6 is 11.6 Å². The summed E-state index contributed by atoms with van der Waals surface area (Å²) in [5.74, 6) is -0.333. The molecule has 1 aromatic rings. The van der Waals surface area contributed by atoms with Crippen molar-refractivity contribution in [2.24, 2.45) is 0 Å². The lowest BCUT2D eigenvalue weighted by Gasteiger charge is -2.07. The monoisotopic (exact) mass is 245 g/mol. The normalized spacial score (nSPS) is 10.7. The molecule has 1 aromatic carbocycles. The molecular weight excluding hydrogens is 237 g/mol. The van der Waals surface area contributed by atoms with Gasteiger partial charge in [-0.2, -0.15) is 0 Å². The predicted octanol–water partition coefficient (Wildman–Crippen LogP) is 3.13. The van der Waals surface area contributed by atoms with Crippen molar-refractivity contribution in [2.75, 3.05) is 6.61 Å². The van der Waals surface area contributed by atoms with Gasteiger partial charge in [0, 0.05) is 11.6 Å². The maximum Gasteiger partial charge on any atom is 0.235 e. The second-order valence-corrected chi connectivity index (χ2v) is 3.19. The van der Waals surface area contributed by atoms with Crippen LogP contribution in [0.3, 0.4) is 0 Å². The molecule has 0 heterocycles. The van der Waals surface area contributed by atoms with Crippen LogP contribution in [-0.2, 0) is 0 Å². The fourth-order valence-electron chi connectivity index (χ4n) is 1.10. The number of benzene rings is 1. The molecule has 0 amide bonds. The molecule has 0 radical (unpaired) electrons. The van der Waals surface area contributed by atoms with Gasteiger partial charge in [0.2, 0.25) is 6.20 Å². The van der Waals surface area contributed by atoms with Crippen molar-refractivity contribution in [2.45, 2.75) is 6.92 Å². The van der Waals surface area contributed by atoms with Crippen LogP contribution in [0.25, 0.3) is 6.08 Å². The summed E-state index contributed by atoms with van der Waals surface area (Å²) < 4.78 is 18.4. The van der Waals surface area contributed by atoms with Gasteiger partial charge in [-0.15, -0.1) is 0 Å². The highest BCUT2D eigenvalue weighted by atomic mass is 35.5. The molecule has 0 bridgehead atoms. The maximum atomic E-state index is 13.3. The quantitative estimate of drug-likeness (QED) is 0.605. The van der Waals surface area contributed by atoms with E-state index in [1.54, 1.807) is 6.92 Å². The molecule has 6 heteroatoms. The highest BCUT2D eigenvalue weighted by Gasteiger charge is 2.11. The number of hydrogen-bond acceptors (Lipinski definition) is 3. The van der Waals surface area contributed by atoms with E-state index in [4.69, 9.17) is 16.3 Å². The molecule has 0 aromatic heterocycles. The van der Waals surface area contributed by atoms with Gasteiger partial charge < -0.3 is 4.74 Å². The van der Waals surface area contributed by atoms with E-state index in [1.807, 2.05) is 0 Å². The Balaban J connectivity index is 3.15. The molecule has 0 N–H and O–H groups in total. The van der Waals surface area contributed by atoms with Gasteiger partial charge in [0.05, 0.1) is 16.6 Å². The minimum atomic E-state index is -0.691. The molecule has 0 saturated carbocycles. The molecule has 0 spiro atoms. The summed E-state index contributed by atoms with van der Waals surface area (Å²) in [5.41, 5.74) is -0.0516. The average molecular weight is 246 g/mol. The zero-order valence-corrected chi connectivity index (χ0v) is 9.20. The van der Waals surface area contributed by atoms with E-state index in [2.05, 4.69) is 0 Å². The summed E-state index contributed by atoms with van der Waals surface area (Å²) >= 11 is 5.84. The van der Waals surface area contributed by atoms with Gasteiger partial charge in [-0.05, 0) is 19.1 Å². The van der Waals surface area contributed by atoms with Crippen LogP contribution in [0.5, 0.6) is 5.75 Å². The van der Waals surface area contributed by atoms with Crippen LogP contribution in [0.2, 0.25) is 5.02 Å². The van der Waals surface area contributed by atoms with Crippen LogP contribution in [0, 0.1) is 15.9 Å². The smallest absolute Gasteiger partial charge is 0.235 e. The SMILES string of the molecule is CCOc1ccc(F)c(/C=C/[N+](=O)[O-])c1Cl. The Labute approximate surface area is 96.4 Å². The van der Waals surface area contributed by atoms with Gasteiger partial charge >= 0.3 is 0 Å². The highest BCUT2D eigenvalue weighted by molar-refractivity contribution is 6.33. The first-order valence-corrected chi connectivity index (χ1v) is 4.86. The number of ether oxygens (including phenoxy) is 1. The summed E-state index contributed by atoms with van der Waals surface area (Å²) in [6.45, 7) is 2.13. The summed E-state index contributed by atoms with van der Waals surface area (Å²) in [5, 5.41) is 10.2. The molecule has 0 aliphatic heterocycles. The van der Waals surface area contributed by atoms with E-state index in [9.17, 15) is 14.5 Å². The number of hydrogen-bond donors (Lipinski definition) is 0. The zero-order valence-electron chi connectivity index (χ0n) is 8.44. The molecular formula is C10H9ClFNO3. The van der Waals surface area contributed by atoms with Crippen molar-refractivity contribution in [3.8, 4) is 5.75 Å². The first-order valence-electron chi connectivity index (χ1n) is 4.48. The lowest BCUT2D eigenvalue weighted by molar-refractivity contribution is -0.400. The van der Waals surface area contributed by atoms with E-state index in [-0.39, 0.29) is 10.6 Å². The van der Waals surface area contributed by atoms with Crippen molar-refractivity contribution < 1.29 is 14.1 Å². The fraction of sp³-hybridized carbons (Fsp3) is 0.200. The van der Waals surface area contributed by atoms with Crippen molar-refractivity contribution in [1.29, 1.82) is 0 Å². The molecule has 0 aliphatic carbocycles. The minimum absolute atomic E-state index is 0.0277. The van der Waals surface area contributed by atoms with Crippen molar-refractivity contribution >= 4 is 17.7 Å². The third kappa shape index (κ3) is 2.93. The van der Waals surface area contributed by atoms with Crippen molar-refractivity contribution in [3.63, 3.8) is 0 Å². The van der Waals surface area contributed by atoms with E-state index in [1.165, 1.54) is 6.07 Å². The van der Waals surface area contributed by atoms with Crippen LogP contribution in [-0.4, -0.2) is 11.5 Å². The van der Waals surface area contributed by atoms with Gasteiger partial charge in [0.15, 0.2) is 0 Å². The Morgan fingerprint density at radius 1 is 1.62 bits per heavy atom. The predicted molar refractivity (Wildman–Crippen MR) is 58.6 cm³/mol. The third-order valence-corrected chi connectivity index (χ3v) is 2.14. The van der Waals surface area contributed by atoms with Crippen molar-refractivity contribution in [3.05, 3.63) is 44.9 Å². The number of nitrogens with zero attached hydrogens (tertiary/aromatic N) is 1. The topological polar surface area (TPSA) is 52.4 Å². The zero-order chi connectivity index (χ0) is 12.1. The Hall–Kier alpha value is -1.62. The molecule has 16 heavy (non-hydrogen) atoms. The first kappa shape index (κ1) is 12.4. The van der Waals surface area contributed by atoms with E-state index >= 15 is 0 Å². The molecule has 86 valence electrons. The average Bonchev–Trinajstić information content (AvgIpc) is 2.22. The Bertz CT molecular complexity index is 434. The van der Waals surface area contributed by atoms with Crippen molar-refractivity contribution in [1.82, 2.24) is 0 Å². The summed E-state index contributed by atoms with van der Waals surface area (Å²) in [6.07, 6.45) is 1.63. The Kier molecular flexibility index (Phi) is 4.25. The van der Waals surface area contributed by atoms with E-state index < -0.39 is 10.7 Å². The van der Waals surface area contributed by atoms with Gasteiger partial charge in [-0.3, -0.25) is 10.1 Å². The molecule has 0 atom stereocenters. The Morgan fingerprint density at radius 2 is 2.31 bits per heavy atom. The molecule has 0 aliphatic rings. The second-order valence-electron chi connectivity index (χ2n) is 2.81. The Morgan fingerprint density at radius 3 is 2.88 bits per heavy atom. The fourth-order valence-corrected chi connectivity index (χ4v) is 1.38. The van der Waals surface area contributed by atoms with Gasteiger partial charge in [-0.1, -0.05) is 11.6 Å². The highest BCUT2D eigenvalue weighted by Crippen LogP contribution is 2.31. The lowest BCUT2D eigenvalue weighted by atomic mass is 10.2. The summed E-state index contributed by atoms with van der Waals surface area (Å²) in [4.78, 5) is 9.44. The van der Waals surface area contributed by atoms with Crippen LogP contribution in [0.4, 0.5) is 4.39 Å². The molecule has 0 saturated heterocycles. The standard InChI is InChI=1S/C10H9ClFNO3/c1-2-16-9-4-3-8(12)7(10(9)11)5-6-13(14)15/h3-6H,2H2,1H3/b6-5+. The van der Waals surface area contributed by atoms with E-state index in [0.29, 0.717) is 18.6 Å². The molecule has 4 nitrogen and oxygen atoms in total. The first-order chi connectivity index (χ1) is 7.56. The minimum Gasteiger partial charge on any atom is -0.492 e. The third-order valence-electron chi connectivity index (χ3n) is 1.75. The number of rotatable bonds is 4. The largest absolute Gasteiger partial charge is 0.492 e. The lowest BCUT2D eigenvalue weighted by Crippen LogP contribution is -1.95. The van der Waals surface area contributed by atoms with Gasteiger partial charge in [-0.25, -0.2) is 4.39 Å². The van der Waals surface area contributed by atoms with Crippen LogP contribution in [0.1, 0.15) is 12.5 Å². The van der Waals surface area contributed by atoms with Gasteiger partial charge in [0.25, 0.3) is 0 Å². The molecule has 0 unspecified atom stereocenters. The summed E-state index contributed by atoms with van der Waals surface area (Å²) in [7, 11) is 0. The molecule has 1 rings (SSSR count).